The van der Waals surface area contributed by atoms with Gasteiger partial charge in [-0.25, -0.2) is 0 Å². The van der Waals surface area contributed by atoms with Gasteiger partial charge >= 0.3 is 0 Å². The molecule has 9 aromatic rings. The molecule has 0 saturated heterocycles. The van der Waals surface area contributed by atoms with Crippen molar-refractivity contribution >= 4 is 49.4 Å². The second-order valence-corrected chi connectivity index (χ2v) is 14.6. The summed E-state index contributed by atoms with van der Waals surface area (Å²) in [6.07, 6.45) is 0. The molecular weight excluding hydrogens is 627 g/mol. The average molecular weight is 664 g/mol. The predicted molar refractivity (Wildman–Crippen MR) is 222 cm³/mol. The first-order valence-corrected chi connectivity index (χ1v) is 18.2. The number of anilines is 3. The monoisotopic (exact) mass is 663 g/mol. The molecule has 0 fully saturated rings. The fourth-order valence-corrected chi connectivity index (χ4v) is 8.54. The normalized spacial score (nSPS) is 13.0. The van der Waals surface area contributed by atoms with Crippen molar-refractivity contribution in [1.29, 1.82) is 0 Å². The van der Waals surface area contributed by atoms with Crippen molar-refractivity contribution in [2.24, 2.45) is 0 Å². The summed E-state index contributed by atoms with van der Waals surface area (Å²) < 4.78 is 0. The van der Waals surface area contributed by atoms with Crippen LogP contribution in [0, 0.1) is 0 Å². The standard InChI is InChI=1S/C51H37N/c1-51(2)49-15-9-8-14-47(49)48-33-42(27-31-50(48)51)52(40-23-16-35(17-24-40)34-10-4-3-5-11-34)41-25-18-36(19-26-41)38-21-28-44-39(32-38)22-30-45-43-13-7-6-12-37(43)20-29-46(44)45/h3-33H,1-2H3. The Morgan fingerprint density at radius 3 is 1.60 bits per heavy atom. The summed E-state index contributed by atoms with van der Waals surface area (Å²) in [6.45, 7) is 4.68. The van der Waals surface area contributed by atoms with Gasteiger partial charge < -0.3 is 4.90 Å². The number of fused-ring (bicyclic) bond motifs is 8. The topological polar surface area (TPSA) is 3.24 Å². The third-order valence-electron chi connectivity index (χ3n) is 11.3. The minimum atomic E-state index is -0.0335. The Morgan fingerprint density at radius 1 is 0.327 bits per heavy atom. The highest BCUT2D eigenvalue weighted by Gasteiger charge is 2.35. The van der Waals surface area contributed by atoms with Gasteiger partial charge in [0, 0.05) is 22.5 Å². The lowest BCUT2D eigenvalue weighted by Crippen LogP contribution is -2.15. The van der Waals surface area contributed by atoms with Crippen LogP contribution < -0.4 is 4.90 Å². The maximum absolute atomic E-state index is 2.39. The van der Waals surface area contributed by atoms with Gasteiger partial charge in [0.1, 0.15) is 0 Å². The van der Waals surface area contributed by atoms with E-state index in [2.05, 4.69) is 207 Å². The Balaban J connectivity index is 1.05. The summed E-state index contributed by atoms with van der Waals surface area (Å²) in [6, 6.07) is 69.1. The van der Waals surface area contributed by atoms with E-state index >= 15 is 0 Å². The van der Waals surface area contributed by atoms with E-state index in [9.17, 15) is 0 Å². The first kappa shape index (κ1) is 30.4. The van der Waals surface area contributed by atoms with Gasteiger partial charge in [0.05, 0.1) is 0 Å². The van der Waals surface area contributed by atoms with Crippen LogP contribution in [0.2, 0.25) is 0 Å². The van der Waals surface area contributed by atoms with Crippen molar-refractivity contribution in [2.75, 3.05) is 4.90 Å². The summed E-state index contributed by atoms with van der Waals surface area (Å²) >= 11 is 0. The summed E-state index contributed by atoms with van der Waals surface area (Å²) in [7, 11) is 0. The van der Waals surface area contributed by atoms with Crippen molar-refractivity contribution in [3.63, 3.8) is 0 Å². The molecule has 9 aromatic carbocycles. The van der Waals surface area contributed by atoms with Crippen LogP contribution in [0.15, 0.2) is 188 Å². The summed E-state index contributed by atoms with van der Waals surface area (Å²) in [4.78, 5) is 2.39. The lowest BCUT2D eigenvalue weighted by atomic mass is 9.82. The van der Waals surface area contributed by atoms with Crippen molar-refractivity contribution in [3.8, 4) is 33.4 Å². The average Bonchev–Trinajstić information content (AvgIpc) is 3.43. The van der Waals surface area contributed by atoms with Crippen molar-refractivity contribution < 1.29 is 0 Å². The largest absolute Gasteiger partial charge is 0.310 e. The van der Waals surface area contributed by atoms with Crippen LogP contribution in [0.4, 0.5) is 17.1 Å². The first-order valence-electron chi connectivity index (χ1n) is 18.2. The Hall–Kier alpha value is -6.44. The summed E-state index contributed by atoms with van der Waals surface area (Å²) in [5, 5.41) is 7.73. The molecule has 1 nitrogen and oxygen atoms in total. The van der Waals surface area contributed by atoms with E-state index in [0.717, 1.165) is 17.1 Å². The molecule has 0 amide bonds. The lowest BCUT2D eigenvalue weighted by molar-refractivity contribution is 0.660. The molecule has 0 aliphatic heterocycles. The number of nitrogens with zero attached hydrogens (tertiary/aromatic N) is 1. The molecular formula is C51H37N. The number of rotatable bonds is 5. The Labute approximate surface area is 305 Å². The zero-order valence-electron chi connectivity index (χ0n) is 29.3. The van der Waals surface area contributed by atoms with Crippen molar-refractivity contribution in [3.05, 3.63) is 199 Å². The van der Waals surface area contributed by atoms with E-state index in [4.69, 9.17) is 0 Å². The van der Waals surface area contributed by atoms with Gasteiger partial charge in [0.15, 0.2) is 0 Å². The van der Waals surface area contributed by atoms with Crippen LogP contribution in [0.1, 0.15) is 25.0 Å². The van der Waals surface area contributed by atoms with E-state index in [1.165, 1.54) is 76.8 Å². The van der Waals surface area contributed by atoms with E-state index in [1.54, 1.807) is 0 Å². The van der Waals surface area contributed by atoms with E-state index < -0.39 is 0 Å². The fraction of sp³-hybridized carbons (Fsp3) is 0.0588. The Bertz CT molecular complexity index is 2790. The van der Waals surface area contributed by atoms with Gasteiger partial charge in [-0.1, -0.05) is 159 Å². The fourth-order valence-electron chi connectivity index (χ4n) is 8.54. The second-order valence-electron chi connectivity index (χ2n) is 14.6. The van der Waals surface area contributed by atoms with E-state index in [0.29, 0.717) is 0 Å². The van der Waals surface area contributed by atoms with E-state index in [-0.39, 0.29) is 5.41 Å². The minimum Gasteiger partial charge on any atom is -0.310 e. The van der Waals surface area contributed by atoms with Gasteiger partial charge in [-0.3, -0.25) is 0 Å². The van der Waals surface area contributed by atoms with Crippen LogP contribution in [0.5, 0.6) is 0 Å². The van der Waals surface area contributed by atoms with Crippen molar-refractivity contribution in [1.82, 2.24) is 0 Å². The highest BCUT2D eigenvalue weighted by atomic mass is 15.1. The molecule has 0 spiro atoms. The third kappa shape index (κ3) is 4.85. The molecule has 1 aliphatic rings. The molecule has 1 heteroatoms. The van der Waals surface area contributed by atoms with Crippen molar-refractivity contribution in [2.45, 2.75) is 19.3 Å². The number of hydrogen-bond donors (Lipinski definition) is 0. The summed E-state index contributed by atoms with van der Waals surface area (Å²) in [5.74, 6) is 0. The van der Waals surface area contributed by atoms with Crippen LogP contribution in [-0.4, -0.2) is 0 Å². The summed E-state index contributed by atoms with van der Waals surface area (Å²) in [5.41, 5.74) is 13.6. The van der Waals surface area contributed by atoms with Crippen LogP contribution >= 0.6 is 0 Å². The molecule has 0 N–H and O–H groups in total. The van der Waals surface area contributed by atoms with Crippen LogP contribution in [-0.2, 0) is 5.41 Å². The maximum Gasteiger partial charge on any atom is 0.0468 e. The lowest BCUT2D eigenvalue weighted by Gasteiger charge is -2.27. The number of hydrogen-bond acceptors (Lipinski definition) is 1. The molecule has 0 bridgehead atoms. The van der Waals surface area contributed by atoms with Gasteiger partial charge in [-0.15, -0.1) is 0 Å². The molecule has 52 heavy (non-hydrogen) atoms. The zero-order chi connectivity index (χ0) is 34.8. The minimum absolute atomic E-state index is 0.0335. The molecule has 0 radical (unpaired) electrons. The predicted octanol–water partition coefficient (Wildman–Crippen LogP) is 14.3. The van der Waals surface area contributed by atoms with Crippen LogP contribution in [0.3, 0.4) is 0 Å². The molecule has 0 unspecified atom stereocenters. The molecule has 1 aliphatic carbocycles. The molecule has 0 aromatic heterocycles. The second kappa shape index (κ2) is 11.8. The highest BCUT2D eigenvalue weighted by molar-refractivity contribution is 6.17. The quantitative estimate of drug-likeness (QED) is 0.166. The zero-order valence-corrected chi connectivity index (χ0v) is 29.3. The van der Waals surface area contributed by atoms with Gasteiger partial charge in [0.2, 0.25) is 0 Å². The Kier molecular flexibility index (Phi) is 6.91. The third-order valence-corrected chi connectivity index (χ3v) is 11.3. The van der Waals surface area contributed by atoms with Gasteiger partial charge in [-0.2, -0.15) is 0 Å². The molecule has 246 valence electrons. The molecule has 0 atom stereocenters. The Morgan fingerprint density at radius 2 is 0.846 bits per heavy atom. The highest BCUT2D eigenvalue weighted by Crippen LogP contribution is 2.50. The van der Waals surface area contributed by atoms with Gasteiger partial charge in [0.25, 0.3) is 0 Å². The number of benzene rings is 9. The maximum atomic E-state index is 2.39. The smallest absolute Gasteiger partial charge is 0.0468 e. The van der Waals surface area contributed by atoms with E-state index in [1.807, 2.05) is 0 Å². The SMILES string of the molecule is CC1(C)c2ccccc2-c2cc(N(c3ccc(-c4ccccc4)cc3)c3ccc(-c4ccc5c(ccc6c7ccccc7ccc56)c4)cc3)ccc21. The molecule has 0 saturated carbocycles. The first-order chi connectivity index (χ1) is 25.5. The molecule has 10 rings (SSSR count). The molecule has 0 heterocycles. The van der Waals surface area contributed by atoms with Gasteiger partial charge in [-0.05, 0) is 119 Å². The van der Waals surface area contributed by atoms with Crippen LogP contribution in [0.25, 0.3) is 65.7 Å².